The molecule has 104 valence electrons. The van der Waals surface area contributed by atoms with Crippen molar-refractivity contribution in [2.24, 2.45) is 5.73 Å². The van der Waals surface area contributed by atoms with Crippen LogP contribution in [0.4, 0.5) is 0 Å². The Bertz CT molecular complexity index is 479. The third kappa shape index (κ3) is 2.91. The Labute approximate surface area is 119 Å². The van der Waals surface area contributed by atoms with Crippen LogP contribution in [0.3, 0.4) is 0 Å². The van der Waals surface area contributed by atoms with Crippen LogP contribution in [0.15, 0.2) is 18.2 Å². The maximum Gasteiger partial charge on any atom is 0.253 e. The summed E-state index contributed by atoms with van der Waals surface area (Å²) in [5, 5.41) is 0. The van der Waals surface area contributed by atoms with E-state index in [-0.39, 0.29) is 24.4 Å². The van der Waals surface area contributed by atoms with E-state index in [0.717, 1.165) is 30.5 Å². The minimum absolute atomic E-state index is 0. The van der Waals surface area contributed by atoms with Crippen molar-refractivity contribution in [3.05, 3.63) is 34.9 Å². The van der Waals surface area contributed by atoms with Crippen LogP contribution in [0, 0.1) is 0 Å². The first-order valence-electron chi connectivity index (χ1n) is 6.48. The monoisotopic (exact) mass is 282 g/mol. The average molecular weight is 283 g/mol. The SMILES string of the molecule is Cl.N[C@@H]1CCCN(C(=O)c2ccc3c(c2)COC3)C1. The van der Waals surface area contributed by atoms with Crippen LogP contribution in [-0.4, -0.2) is 29.9 Å². The molecule has 4 nitrogen and oxygen atoms in total. The van der Waals surface area contributed by atoms with E-state index in [4.69, 9.17) is 10.5 Å². The Hall–Kier alpha value is -1.10. The summed E-state index contributed by atoms with van der Waals surface area (Å²) in [5.41, 5.74) is 9.01. The van der Waals surface area contributed by atoms with Gasteiger partial charge in [0.2, 0.25) is 0 Å². The maximum absolute atomic E-state index is 12.4. The summed E-state index contributed by atoms with van der Waals surface area (Å²) in [7, 11) is 0. The molecular formula is C14H19ClN2O2. The number of piperidine rings is 1. The second kappa shape index (κ2) is 5.90. The number of nitrogens with two attached hydrogens (primary N) is 1. The first kappa shape index (κ1) is 14.3. The standard InChI is InChI=1S/C14H18N2O2.ClH/c15-13-2-1-5-16(7-13)14(17)10-3-4-11-8-18-9-12(11)6-10;/h3-4,6,13H,1-2,5,7-9,15H2;1H/t13-;/m1./s1. The zero-order valence-corrected chi connectivity index (χ0v) is 11.6. The average Bonchev–Trinajstić information content (AvgIpc) is 2.85. The fourth-order valence-electron chi connectivity index (χ4n) is 2.68. The Balaban J connectivity index is 0.00000133. The van der Waals surface area contributed by atoms with Crippen LogP contribution >= 0.6 is 12.4 Å². The molecule has 0 aliphatic carbocycles. The van der Waals surface area contributed by atoms with Gasteiger partial charge in [0.05, 0.1) is 13.2 Å². The van der Waals surface area contributed by atoms with E-state index in [1.807, 2.05) is 23.1 Å². The zero-order valence-electron chi connectivity index (χ0n) is 10.8. The highest BCUT2D eigenvalue weighted by molar-refractivity contribution is 5.94. The molecule has 1 fully saturated rings. The molecule has 0 saturated carbocycles. The number of halogens is 1. The van der Waals surface area contributed by atoms with Crippen molar-refractivity contribution in [3.63, 3.8) is 0 Å². The van der Waals surface area contributed by atoms with Crippen LogP contribution < -0.4 is 5.73 Å². The molecule has 2 N–H and O–H groups in total. The van der Waals surface area contributed by atoms with E-state index in [0.29, 0.717) is 19.8 Å². The molecule has 0 aromatic heterocycles. The summed E-state index contributed by atoms with van der Waals surface area (Å²) in [6, 6.07) is 5.99. The predicted molar refractivity (Wildman–Crippen MR) is 75.3 cm³/mol. The van der Waals surface area contributed by atoms with Gasteiger partial charge in [-0.1, -0.05) is 6.07 Å². The van der Waals surface area contributed by atoms with Gasteiger partial charge < -0.3 is 15.4 Å². The van der Waals surface area contributed by atoms with Crippen LogP contribution in [0.5, 0.6) is 0 Å². The molecule has 19 heavy (non-hydrogen) atoms. The molecule has 2 aliphatic rings. The number of hydrogen-bond acceptors (Lipinski definition) is 3. The molecule has 0 spiro atoms. The number of amides is 1. The largest absolute Gasteiger partial charge is 0.372 e. The number of carbonyl (C=O) groups is 1. The second-order valence-corrected chi connectivity index (χ2v) is 5.13. The van der Waals surface area contributed by atoms with Crippen molar-refractivity contribution in [1.29, 1.82) is 0 Å². The highest BCUT2D eigenvalue weighted by Gasteiger charge is 2.23. The van der Waals surface area contributed by atoms with E-state index in [2.05, 4.69) is 0 Å². The molecular weight excluding hydrogens is 264 g/mol. The topological polar surface area (TPSA) is 55.6 Å². The summed E-state index contributed by atoms with van der Waals surface area (Å²) < 4.78 is 5.37. The third-order valence-corrected chi connectivity index (χ3v) is 3.71. The zero-order chi connectivity index (χ0) is 12.5. The van der Waals surface area contributed by atoms with Gasteiger partial charge in [-0.2, -0.15) is 0 Å². The van der Waals surface area contributed by atoms with Crippen molar-refractivity contribution < 1.29 is 9.53 Å². The maximum atomic E-state index is 12.4. The van der Waals surface area contributed by atoms with Crippen molar-refractivity contribution in [2.75, 3.05) is 13.1 Å². The number of benzene rings is 1. The van der Waals surface area contributed by atoms with Crippen LogP contribution in [0.1, 0.15) is 34.3 Å². The lowest BCUT2D eigenvalue weighted by molar-refractivity contribution is 0.0708. The summed E-state index contributed by atoms with van der Waals surface area (Å²) in [6.45, 7) is 2.78. The lowest BCUT2D eigenvalue weighted by Gasteiger charge is -2.30. The minimum Gasteiger partial charge on any atom is -0.372 e. The molecule has 3 rings (SSSR count). The number of nitrogens with zero attached hydrogens (tertiary/aromatic N) is 1. The fraction of sp³-hybridized carbons (Fsp3) is 0.500. The fourth-order valence-corrected chi connectivity index (χ4v) is 2.68. The van der Waals surface area contributed by atoms with Gasteiger partial charge in [-0.3, -0.25) is 4.79 Å². The Morgan fingerprint density at radius 3 is 2.89 bits per heavy atom. The van der Waals surface area contributed by atoms with Gasteiger partial charge in [-0.25, -0.2) is 0 Å². The molecule has 2 heterocycles. The molecule has 2 aliphatic heterocycles. The number of fused-ring (bicyclic) bond motifs is 1. The molecule has 1 atom stereocenters. The van der Waals surface area contributed by atoms with Crippen molar-refractivity contribution in [2.45, 2.75) is 32.1 Å². The summed E-state index contributed by atoms with van der Waals surface area (Å²) in [5.74, 6) is 0.0971. The molecule has 1 aromatic carbocycles. The molecule has 1 aromatic rings. The summed E-state index contributed by atoms with van der Waals surface area (Å²) in [6.07, 6.45) is 2.02. The van der Waals surface area contributed by atoms with Crippen molar-refractivity contribution in [1.82, 2.24) is 4.90 Å². The lowest BCUT2D eigenvalue weighted by Crippen LogP contribution is -2.45. The van der Waals surface area contributed by atoms with E-state index in [1.54, 1.807) is 0 Å². The molecule has 1 saturated heterocycles. The number of carbonyl (C=O) groups excluding carboxylic acids is 1. The smallest absolute Gasteiger partial charge is 0.253 e. The summed E-state index contributed by atoms with van der Waals surface area (Å²) >= 11 is 0. The lowest BCUT2D eigenvalue weighted by atomic mass is 10.0. The molecule has 5 heteroatoms. The molecule has 0 unspecified atom stereocenters. The normalized spacial score (nSPS) is 21.7. The quantitative estimate of drug-likeness (QED) is 0.853. The van der Waals surface area contributed by atoms with Crippen molar-refractivity contribution in [3.8, 4) is 0 Å². The van der Waals surface area contributed by atoms with E-state index < -0.39 is 0 Å². The van der Waals surface area contributed by atoms with E-state index in [1.165, 1.54) is 5.56 Å². The predicted octanol–water partition coefficient (Wildman–Crippen LogP) is 1.70. The van der Waals surface area contributed by atoms with Gasteiger partial charge in [0, 0.05) is 24.7 Å². The van der Waals surface area contributed by atoms with Gasteiger partial charge in [-0.05, 0) is 36.1 Å². The summed E-state index contributed by atoms with van der Waals surface area (Å²) in [4.78, 5) is 14.2. The van der Waals surface area contributed by atoms with E-state index in [9.17, 15) is 4.79 Å². The van der Waals surface area contributed by atoms with Gasteiger partial charge in [0.1, 0.15) is 0 Å². The highest BCUT2D eigenvalue weighted by Crippen LogP contribution is 2.22. The Kier molecular flexibility index (Phi) is 4.45. The molecule has 0 radical (unpaired) electrons. The van der Waals surface area contributed by atoms with E-state index >= 15 is 0 Å². The number of likely N-dealkylation sites (tertiary alicyclic amines) is 1. The third-order valence-electron chi connectivity index (χ3n) is 3.71. The number of ether oxygens (including phenoxy) is 1. The second-order valence-electron chi connectivity index (χ2n) is 5.13. The Morgan fingerprint density at radius 2 is 2.11 bits per heavy atom. The minimum atomic E-state index is 0. The van der Waals surface area contributed by atoms with Crippen LogP contribution in [0.25, 0.3) is 0 Å². The van der Waals surface area contributed by atoms with Gasteiger partial charge in [-0.15, -0.1) is 12.4 Å². The molecule has 1 amide bonds. The van der Waals surface area contributed by atoms with Gasteiger partial charge in [0.15, 0.2) is 0 Å². The molecule has 0 bridgehead atoms. The van der Waals surface area contributed by atoms with Crippen LogP contribution in [0.2, 0.25) is 0 Å². The van der Waals surface area contributed by atoms with Gasteiger partial charge in [0.25, 0.3) is 5.91 Å². The first-order chi connectivity index (χ1) is 8.74. The first-order valence-corrected chi connectivity index (χ1v) is 6.48. The highest BCUT2D eigenvalue weighted by atomic mass is 35.5. The van der Waals surface area contributed by atoms with Gasteiger partial charge >= 0.3 is 0 Å². The number of rotatable bonds is 1. The van der Waals surface area contributed by atoms with Crippen molar-refractivity contribution >= 4 is 18.3 Å². The number of hydrogen-bond donors (Lipinski definition) is 1. The Morgan fingerprint density at radius 1 is 1.32 bits per heavy atom. The van der Waals surface area contributed by atoms with Crippen LogP contribution in [-0.2, 0) is 18.0 Å².